The molecule has 1 fully saturated rings. The zero-order chi connectivity index (χ0) is 26.0. The fourth-order valence-corrected chi connectivity index (χ4v) is 4.29. The van der Waals surface area contributed by atoms with Crippen molar-refractivity contribution in [3.8, 4) is 0 Å². The van der Waals surface area contributed by atoms with Crippen LogP contribution >= 0.6 is 0 Å². The lowest BCUT2D eigenvalue weighted by Crippen LogP contribution is -2.38. The predicted octanol–water partition coefficient (Wildman–Crippen LogP) is 2.97. The molecule has 1 unspecified atom stereocenters. The number of imide groups is 1. The van der Waals surface area contributed by atoms with Crippen LogP contribution in [0.2, 0.25) is 0 Å². The van der Waals surface area contributed by atoms with Crippen molar-refractivity contribution in [1.29, 1.82) is 0 Å². The zero-order valence-electron chi connectivity index (χ0n) is 20.9. The van der Waals surface area contributed by atoms with Gasteiger partial charge in [0.05, 0.1) is 12.0 Å². The molecule has 0 bridgehead atoms. The predicted molar refractivity (Wildman–Crippen MR) is 131 cm³/mol. The van der Waals surface area contributed by atoms with Crippen LogP contribution in [0.15, 0.2) is 48.1 Å². The maximum absolute atomic E-state index is 12.9. The molecule has 0 radical (unpaired) electrons. The van der Waals surface area contributed by atoms with Crippen LogP contribution in [-0.4, -0.2) is 54.1 Å². The number of cyclic esters (lactones) is 1. The molecule has 192 valence electrons. The highest BCUT2D eigenvalue weighted by Crippen LogP contribution is 2.24. The van der Waals surface area contributed by atoms with Crippen molar-refractivity contribution >= 4 is 23.6 Å². The molecule has 0 aromatic carbocycles. The van der Waals surface area contributed by atoms with Crippen molar-refractivity contribution in [2.45, 2.75) is 71.2 Å². The topological polar surface area (TPSA) is 119 Å². The molecule has 2 heterocycles. The quantitative estimate of drug-likeness (QED) is 0.256. The lowest BCUT2D eigenvalue weighted by atomic mass is 9.89. The molecular weight excluding hydrogens is 450 g/mol. The Bertz CT molecular complexity index is 885. The number of ketones is 1. The summed E-state index contributed by atoms with van der Waals surface area (Å²) in [4.78, 5) is 48.5. The highest BCUT2D eigenvalue weighted by Gasteiger charge is 2.30. The number of hydrogen-bond donors (Lipinski definition) is 2. The van der Waals surface area contributed by atoms with Crippen molar-refractivity contribution < 1.29 is 33.8 Å². The minimum absolute atomic E-state index is 0.139. The molecule has 0 spiro atoms. The third-order valence-electron chi connectivity index (χ3n) is 6.33. The minimum atomic E-state index is -0.819. The van der Waals surface area contributed by atoms with Gasteiger partial charge in [-0.3, -0.25) is 19.7 Å². The number of methoxy groups -OCH3 is 1. The van der Waals surface area contributed by atoms with Gasteiger partial charge in [-0.05, 0) is 43.8 Å². The van der Waals surface area contributed by atoms with E-state index >= 15 is 0 Å². The normalized spacial score (nSPS) is 31.6. The van der Waals surface area contributed by atoms with Gasteiger partial charge in [0, 0.05) is 31.9 Å². The van der Waals surface area contributed by atoms with E-state index in [1.807, 2.05) is 19.1 Å². The molecule has 0 aromatic rings. The van der Waals surface area contributed by atoms with Gasteiger partial charge in [0.15, 0.2) is 5.78 Å². The van der Waals surface area contributed by atoms with Gasteiger partial charge < -0.3 is 14.6 Å². The largest absolute Gasteiger partial charge is 0.454 e. The maximum atomic E-state index is 12.9. The summed E-state index contributed by atoms with van der Waals surface area (Å²) in [5, 5.41) is 13.0. The van der Waals surface area contributed by atoms with Crippen molar-refractivity contribution in [3.63, 3.8) is 0 Å². The first-order valence-electron chi connectivity index (χ1n) is 12.1. The Labute approximate surface area is 207 Å². The third kappa shape index (κ3) is 9.03. The van der Waals surface area contributed by atoms with Crippen molar-refractivity contribution in [1.82, 2.24) is 5.32 Å². The van der Waals surface area contributed by atoms with Gasteiger partial charge in [-0.25, -0.2) is 4.79 Å². The molecule has 2 rings (SSSR count). The van der Waals surface area contributed by atoms with Gasteiger partial charge in [-0.2, -0.15) is 0 Å². The standard InChI is InChI=1S/C27H37NO7/c1-17-14-18(2)27(35-25(32)13-8-6-5-7-12-22(34-4)26(17)33)19(3)21(29)11-9-10-20-15-23(30)28-24(31)16-20/h7-9,11-14,17,19-20,22,26-27,33H,5-6,10,15-16H2,1-4H3,(H,28,30,31)/b11-9+,12-7+,13-8+,18-14-/t17-,19-,22+,26+,27?/m1/s1. The van der Waals surface area contributed by atoms with Gasteiger partial charge >= 0.3 is 5.97 Å². The van der Waals surface area contributed by atoms with E-state index in [9.17, 15) is 24.3 Å². The Hall–Kier alpha value is -2.84. The molecule has 2 N–H and O–H groups in total. The monoisotopic (exact) mass is 487 g/mol. The minimum Gasteiger partial charge on any atom is -0.454 e. The number of allylic oxidation sites excluding steroid dienone is 4. The van der Waals surface area contributed by atoms with Crippen molar-refractivity contribution in [3.05, 3.63) is 48.1 Å². The van der Waals surface area contributed by atoms with Crippen LogP contribution in [0.3, 0.4) is 0 Å². The molecule has 8 heteroatoms. The number of hydrogen-bond acceptors (Lipinski definition) is 7. The third-order valence-corrected chi connectivity index (χ3v) is 6.33. The second-order valence-electron chi connectivity index (χ2n) is 9.30. The summed E-state index contributed by atoms with van der Waals surface area (Å²) < 4.78 is 11.1. The summed E-state index contributed by atoms with van der Waals surface area (Å²) in [5.41, 5.74) is 0.651. The van der Waals surface area contributed by atoms with Crippen molar-refractivity contribution in [2.24, 2.45) is 17.8 Å². The number of aliphatic hydroxyl groups excluding tert-OH is 1. The zero-order valence-corrected chi connectivity index (χ0v) is 20.9. The van der Waals surface area contributed by atoms with E-state index in [1.165, 1.54) is 19.3 Å². The first-order valence-corrected chi connectivity index (χ1v) is 12.1. The molecule has 0 aromatic heterocycles. The van der Waals surface area contributed by atoms with Crippen molar-refractivity contribution in [2.75, 3.05) is 7.11 Å². The summed E-state index contributed by atoms with van der Waals surface area (Å²) in [6.07, 6.45) is 11.8. The average molecular weight is 488 g/mol. The number of amides is 2. The Morgan fingerprint density at radius 2 is 1.89 bits per heavy atom. The summed E-state index contributed by atoms with van der Waals surface area (Å²) in [6.45, 7) is 5.30. The Kier molecular flexibility index (Phi) is 11.3. The average Bonchev–Trinajstić information content (AvgIpc) is 2.79. The first kappa shape index (κ1) is 28.4. The molecule has 2 amide bonds. The first-order chi connectivity index (χ1) is 16.6. The number of ether oxygens (including phenoxy) is 2. The SMILES string of the molecule is CO[C@H]1/C=C/CC/C=C/C(=O)OC([C@H](C)C(=O)/C=C/CC2CC(=O)NC(=O)C2)/C(C)=C\[C@@H](C)[C@@H]1O. The smallest absolute Gasteiger partial charge is 0.331 e. The fourth-order valence-electron chi connectivity index (χ4n) is 4.29. The van der Waals surface area contributed by atoms with E-state index in [0.29, 0.717) is 24.8 Å². The van der Waals surface area contributed by atoms with E-state index in [4.69, 9.17) is 9.47 Å². The summed E-state index contributed by atoms with van der Waals surface area (Å²) >= 11 is 0. The molecular formula is C27H37NO7. The molecule has 1 saturated heterocycles. The number of nitrogens with one attached hydrogen (secondary N) is 1. The number of carbonyl (C=O) groups excluding carboxylic acids is 4. The second kappa shape index (κ2) is 13.9. The Morgan fingerprint density at radius 1 is 1.23 bits per heavy atom. The highest BCUT2D eigenvalue weighted by molar-refractivity contribution is 5.97. The van der Waals surface area contributed by atoms with Gasteiger partial charge in [-0.1, -0.05) is 44.2 Å². The lowest BCUT2D eigenvalue weighted by molar-refractivity contribution is -0.145. The summed E-state index contributed by atoms with van der Waals surface area (Å²) in [7, 11) is 1.54. The van der Waals surface area contributed by atoms with E-state index in [-0.39, 0.29) is 42.3 Å². The maximum Gasteiger partial charge on any atom is 0.331 e. The van der Waals surface area contributed by atoms with E-state index < -0.39 is 30.2 Å². The fraction of sp³-hybridized carbons (Fsp3) is 0.556. The van der Waals surface area contributed by atoms with E-state index in [1.54, 1.807) is 32.1 Å². The van der Waals surface area contributed by atoms with Crippen LogP contribution in [0.5, 0.6) is 0 Å². The molecule has 35 heavy (non-hydrogen) atoms. The van der Waals surface area contributed by atoms with Gasteiger partial charge in [0.25, 0.3) is 0 Å². The Balaban J connectivity index is 2.19. The molecule has 0 saturated carbocycles. The number of esters is 1. The molecule has 0 aliphatic carbocycles. The molecule has 5 atom stereocenters. The molecule has 2 aliphatic rings. The number of rotatable bonds is 6. The molecule has 2 aliphatic heterocycles. The number of piperidine rings is 1. The summed E-state index contributed by atoms with van der Waals surface area (Å²) in [5.74, 6) is -2.52. The molecule has 8 nitrogen and oxygen atoms in total. The van der Waals surface area contributed by atoms with E-state index in [2.05, 4.69) is 5.32 Å². The van der Waals surface area contributed by atoms with Crippen LogP contribution in [-0.2, 0) is 28.7 Å². The van der Waals surface area contributed by atoms with Gasteiger partial charge in [0.2, 0.25) is 11.8 Å². The van der Waals surface area contributed by atoms with Gasteiger partial charge in [-0.15, -0.1) is 0 Å². The number of carbonyl (C=O) groups is 4. The van der Waals surface area contributed by atoms with Crippen LogP contribution in [0.1, 0.15) is 52.9 Å². The summed E-state index contributed by atoms with van der Waals surface area (Å²) in [6, 6.07) is 0. The lowest BCUT2D eigenvalue weighted by Gasteiger charge is -2.27. The van der Waals surface area contributed by atoms with Gasteiger partial charge in [0.1, 0.15) is 12.2 Å². The number of aliphatic hydroxyl groups is 1. The van der Waals surface area contributed by atoms with Crippen LogP contribution < -0.4 is 5.32 Å². The highest BCUT2D eigenvalue weighted by atomic mass is 16.5. The van der Waals surface area contributed by atoms with Crippen LogP contribution in [0.25, 0.3) is 0 Å². The van der Waals surface area contributed by atoms with E-state index in [0.717, 1.165) is 0 Å². The van der Waals surface area contributed by atoms with Crippen LogP contribution in [0, 0.1) is 17.8 Å². The Morgan fingerprint density at radius 3 is 2.54 bits per heavy atom. The second-order valence-corrected chi connectivity index (χ2v) is 9.30. The van der Waals surface area contributed by atoms with Crippen LogP contribution in [0.4, 0.5) is 0 Å².